The monoisotopic (exact) mass is 261 g/mol. The number of thiophene rings is 1. The number of hydrogen-bond acceptors (Lipinski definition) is 2. The first-order chi connectivity index (χ1) is 8.52. The third kappa shape index (κ3) is 2.93. The summed E-state index contributed by atoms with van der Waals surface area (Å²) >= 11 is 1.86. The largest absolute Gasteiger partial charge is 0.316 e. The molecule has 2 rings (SSSR count). The summed E-state index contributed by atoms with van der Waals surface area (Å²) in [5, 5.41) is 7.21. The number of hydrogen-bond donors (Lipinski definition) is 1. The second kappa shape index (κ2) is 5.41. The highest BCUT2D eigenvalue weighted by molar-refractivity contribution is 7.17. The Balaban J connectivity index is 2.10. The number of nitrogens with one attached hydrogen (secondary N) is 1. The molecule has 1 nitrogen and oxygen atoms in total. The quantitative estimate of drug-likeness (QED) is 0.856. The van der Waals surface area contributed by atoms with E-state index < -0.39 is 0 Å². The van der Waals surface area contributed by atoms with E-state index in [-0.39, 0.29) is 0 Å². The number of benzene rings is 1. The topological polar surface area (TPSA) is 12.0 Å². The van der Waals surface area contributed by atoms with Crippen LogP contribution in [0.2, 0.25) is 0 Å². The Morgan fingerprint density at radius 1 is 1.22 bits per heavy atom. The Morgan fingerprint density at radius 2 is 1.94 bits per heavy atom. The summed E-state index contributed by atoms with van der Waals surface area (Å²) in [5.74, 6) is 0. The van der Waals surface area contributed by atoms with Crippen LogP contribution in [0.25, 0.3) is 10.1 Å². The average Bonchev–Trinajstić information content (AvgIpc) is 2.72. The fourth-order valence-corrected chi connectivity index (χ4v) is 3.53. The molecule has 0 radical (unpaired) electrons. The van der Waals surface area contributed by atoms with Gasteiger partial charge >= 0.3 is 0 Å². The predicted molar refractivity (Wildman–Crippen MR) is 82.4 cm³/mol. The van der Waals surface area contributed by atoms with Crippen molar-refractivity contribution in [3.63, 3.8) is 0 Å². The molecule has 1 aromatic heterocycles. The lowest BCUT2D eigenvalue weighted by atomic mass is 9.83. The van der Waals surface area contributed by atoms with Crippen molar-refractivity contribution in [2.45, 2.75) is 39.7 Å². The Kier molecular flexibility index (Phi) is 4.08. The lowest BCUT2D eigenvalue weighted by Crippen LogP contribution is -2.38. The Morgan fingerprint density at radius 3 is 2.61 bits per heavy atom. The Hall–Kier alpha value is -0.860. The molecule has 1 heterocycles. The molecule has 0 spiro atoms. The first-order valence-corrected chi connectivity index (χ1v) is 7.52. The summed E-state index contributed by atoms with van der Waals surface area (Å²) < 4.78 is 1.41. The molecule has 98 valence electrons. The van der Waals surface area contributed by atoms with E-state index in [0.29, 0.717) is 11.5 Å². The van der Waals surface area contributed by atoms with Gasteiger partial charge in [-0.2, -0.15) is 0 Å². The smallest absolute Gasteiger partial charge is 0.0345 e. The molecular formula is C16H23NS. The van der Waals surface area contributed by atoms with Gasteiger partial charge in [-0.1, -0.05) is 39.0 Å². The van der Waals surface area contributed by atoms with E-state index in [0.717, 1.165) is 6.42 Å². The molecule has 0 aliphatic heterocycles. The van der Waals surface area contributed by atoms with E-state index in [1.807, 2.05) is 11.3 Å². The van der Waals surface area contributed by atoms with Gasteiger partial charge in [0.15, 0.2) is 0 Å². The Bertz CT molecular complexity index is 507. The van der Waals surface area contributed by atoms with Crippen LogP contribution in [-0.4, -0.2) is 13.1 Å². The van der Waals surface area contributed by atoms with E-state index in [2.05, 4.69) is 62.8 Å². The minimum Gasteiger partial charge on any atom is -0.316 e. The number of rotatable bonds is 4. The van der Waals surface area contributed by atoms with Crippen molar-refractivity contribution in [1.82, 2.24) is 5.32 Å². The van der Waals surface area contributed by atoms with Crippen LogP contribution in [0.4, 0.5) is 0 Å². The molecule has 0 saturated carbocycles. The van der Waals surface area contributed by atoms with Gasteiger partial charge in [0.1, 0.15) is 0 Å². The van der Waals surface area contributed by atoms with Gasteiger partial charge in [0, 0.05) is 10.7 Å². The van der Waals surface area contributed by atoms with E-state index >= 15 is 0 Å². The maximum atomic E-state index is 3.46. The highest BCUT2D eigenvalue weighted by Crippen LogP contribution is 2.29. The zero-order valence-electron chi connectivity index (χ0n) is 11.8. The van der Waals surface area contributed by atoms with Crippen molar-refractivity contribution >= 4 is 21.4 Å². The van der Waals surface area contributed by atoms with Crippen LogP contribution >= 0.6 is 11.3 Å². The van der Waals surface area contributed by atoms with Crippen molar-refractivity contribution in [3.05, 3.63) is 35.2 Å². The lowest BCUT2D eigenvalue weighted by molar-refractivity contribution is 0.268. The molecule has 0 aliphatic rings. The van der Waals surface area contributed by atoms with Gasteiger partial charge in [0.2, 0.25) is 0 Å². The van der Waals surface area contributed by atoms with Gasteiger partial charge in [-0.3, -0.25) is 0 Å². The van der Waals surface area contributed by atoms with Crippen LogP contribution in [0.1, 0.15) is 32.8 Å². The third-order valence-corrected chi connectivity index (χ3v) is 4.67. The van der Waals surface area contributed by atoms with Crippen molar-refractivity contribution < 1.29 is 0 Å². The molecule has 0 saturated heterocycles. The number of fused-ring (bicyclic) bond motifs is 1. The van der Waals surface area contributed by atoms with Crippen LogP contribution in [0.5, 0.6) is 0 Å². The molecule has 0 aliphatic carbocycles. The van der Waals surface area contributed by atoms with Gasteiger partial charge in [-0.25, -0.2) is 0 Å². The zero-order valence-corrected chi connectivity index (χ0v) is 12.6. The minimum atomic E-state index is 0.320. The molecular weight excluding hydrogens is 238 g/mol. The molecule has 2 aromatic rings. The molecule has 0 bridgehead atoms. The number of aryl methyl sites for hydroxylation is 1. The highest BCUT2D eigenvalue weighted by atomic mass is 32.1. The van der Waals surface area contributed by atoms with Gasteiger partial charge in [0.05, 0.1) is 0 Å². The third-order valence-electron chi connectivity index (χ3n) is 3.66. The first kappa shape index (κ1) is 13.6. The second-order valence-corrected chi connectivity index (χ2v) is 6.91. The van der Waals surface area contributed by atoms with Crippen LogP contribution in [0, 0.1) is 5.41 Å². The summed E-state index contributed by atoms with van der Waals surface area (Å²) in [6.07, 6.45) is 2.35. The minimum absolute atomic E-state index is 0.320. The normalized spacial score (nSPS) is 14.0. The van der Waals surface area contributed by atoms with Crippen molar-refractivity contribution in [1.29, 1.82) is 0 Å². The van der Waals surface area contributed by atoms with Gasteiger partial charge in [-0.05, 0) is 47.7 Å². The molecule has 2 heteroatoms. The summed E-state index contributed by atoms with van der Waals surface area (Å²) in [6, 6.07) is 9.28. The fraction of sp³-hybridized carbons (Fsp3) is 0.500. The van der Waals surface area contributed by atoms with E-state index in [1.165, 1.54) is 22.1 Å². The van der Waals surface area contributed by atoms with Crippen LogP contribution in [0.3, 0.4) is 0 Å². The maximum absolute atomic E-state index is 3.46. The SMILES string of the molecule is CNC(CCc1csc2ccccc12)C(C)(C)C. The molecule has 18 heavy (non-hydrogen) atoms. The molecule has 0 fully saturated rings. The molecule has 1 N–H and O–H groups in total. The van der Waals surface area contributed by atoms with E-state index in [9.17, 15) is 0 Å². The Labute approximate surface area is 114 Å². The van der Waals surface area contributed by atoms with Crippen LogP contribution in [-0.2, 0) is 6.42 Å². The van der Waals surface area contributed by atoms with E-state index in [4.69, 9.17) is 0 Å². The van der Waals surface area contributed by atoms with Crippen molar-refractivity contribution in [2.75, 3.05) is 7.05 Å². The summed E-state index contributed by atoms with van der Waals surface area (Å²) in [4.78, 5) is 0. The summed E-state index contributed by atoms with van der Waals surface area (Å²) in [7, 11) is 2.07. The molecule has 0 amide bonds. The first-order valence-electron chi connectivity index (χ1n) is 6.65. The van der Waals surface area contributed by atoms with Crippen LogP contribution < -0.4 is 5.32 Å². The highest BCUT2D eigenvalue weighted by Gasteiger charge is 2.22. The van der Waals surface area contributed by atoms with Crippen molar-refractivity contribution in [2.24, 2.45) is 5.41 Å². The fourth-order valence-electron chi connectivity index (χ4n) is 2.54. The van der Waals surface area contributed by atoms with Gasteiger partial charge in [0.25, 0.3) is 0 Å². The summed E-state index contributed by atoms with van der Waals surface area (Å²) in [5.41, 5.74) is 1.82. The molecule has 1 atom stereocenters. The second-order valence-electron chi connectivity index (χ2n) is 6.00. The molecule has 1 unspecified atom stereocenters. The van der Waals surface area contributed by atoms with E-state index in [1.54, 1.807) is 0 Å². The maximum Gasteiger partial charge on any atom is 0.0345 e. The van der Waals surface area contributed by atoms with Crippen LogP contribution in [0.15, 0.2) is 29.6 Å². The van der Waals surface area contributed by atoms with Gasteiger partial charge < -0.3 is 5.32 Å². The standard InChI is InChI=1S/C16H23NS/c1-16(2,3)15(17-4)10-9-12-11-18-14-8-6-5-7-13(12)14/h5-8,11,15,17H,9-10H2,1-4H3. The van der Waals surface area contributed by atoms with Crippen molar-refractivity contribution in [3.8, 4) is 0 Å². The lowest BCUT2D eigenvalue weighted by Gasteiger charge is -2.30. The average molecular weight is 261 g/mol. The zero-order chi connectivity index (χ0) is 13.2. The summed E-state index contributed by atoms with van der Waals surface area (Å²) in [6.45, 7) is 6.92. The van der Waals surface area contributed by atoms with Gasteiger partial charge in [-0.15, -0.1) is 11.3 Å². The predicted octanol–water partition coefficient (Wildman–Crippen LogP) is 4.47. The molecule has 1 aromatic carbocycles.